The summed E-state index contributed by atoms with van der Waals surface area (Å²) in [5, 5.41) is 0. The highest BCUT2D eigenvalue weighted by atomic mass is 16.5. The Bertz CT molecular complexity index is 361. The Morgan fingerprint density at radius 1 is 0.933 bits per heavy atom. The smallest absolute Gasteiger partial charge is 0.310 e. The molecule has 0 aromatic heterocycles. The zero-order valence-electron chi connectivity index (χ0n) is 7.97. The van der Waals surface area contributed by atoms with Crippen molar-refractivity contribution in [3.63, 3.8) is 0 Å². The van der Waals surface area contributed by atoms with Gasteiger partial charge in [0.2, 0.25) is 0 Å². The molecule has 0 N–H and O–H groups in total. The van der Waals surface area contributed by atoms with E-state index >= 15 is 0 Å². The van der Waals surface area contributed by atoms with E-state index in [0.717, 1.165) is 0 Å². The van der Waals surface area contributed by atoms with E-state index in [-0.39, 0.29) is 30.9 Å². The van der Waals surface area contributed by atoms with Crippen molar-refractivity contribution in [2.24, 2.45) is 23.7 Å². The molecule has 2 aliphatic heterocycles. The number of rotatable bonds is 0. The Labute approximate surface area is 85.7 Å². The Morgan fingerprint density at radius 3 is 2.40 bits per heavy atom. The molecule has 0 aromatic carbocycles. The Morgan fingerprint density at radius 2 is 1.60 bits per heavy atom. The Balaban J connectivity index is 2.00. The molecular weight excluding hydrogens is 200 g/mol. The van der Waals surface area contributed by atoms with Crippen LogP contribution in [0, 0.1) is 23.7 Å². The summed E-state index contributed by atoms with van der Waals surface area (Å²) in [6.07, 6.45) is 0.341. The van der Waals surface area contributed by atoms with E-state index in [2.05, 4.69) is 0 Å². The zero-order chi connectivity index (χ0) is 10.6. The van der Waals surface area contributed by atoms with E-state index < -0.39 is 23.7 Å². The molecule has 0 aromatic rings. The molecule has 4 atom stereocenters. The van der Waals surface area contributed by atoms with Gasteiger partial charge in [-0.25, -0.2) is 0 Å². The number of ketones is 1. The lowest BCUT2D eigenvalue weighted by molar-refractivity contribution is -0.151. The van der Waals surface area contributed by atoms with Crippen molar-refractivity contribution < 1.29 is 23.9 Å². The van der Waals surface area contributed by atoms with E-state index in [4.69, 9.17) is 9.47 Å². The van der Waals surface area contributed by atoms with Crippen LogP contribution in [0.15, 0.2) is 0 Å². The van der Waals surface area contributed by atoms with Gasteiger partial charge in [0.25, 0.3) is 0 Å². The highest BCUT2D eigenvalue weighted by Crippen LogP contribution is 2.44. The molecule has 80 valence electrons. The molecule has 3 rings (SSSR count). The summed E-state index contributed by atoms with van der Waals surface area (Å²) in [6.45, 7) is 0.407. The van der Waals surface area contributed by atoms with Crippen LogP contribution in [-0.2, 0) is 23.9 Å². The molecule has 2 heterocycles. The van der Waals surface area contributed by atoms with Crippen LogP contribution < -0.4 is 0 Å². The van der Waals surface area contributed by atoms with Gasteiger partial charge in [0.15, 0.2) is 0 Å². The number of Topliss-reactive ketones (excluding diaryl/α,β-unsaturated/α-hetero) is 1. The van der Waals surface area contributed by atoms with Gasteiger partial charge in [-0.15, -0.1) is 0 Å². The molecule has 0 amide bonds. The molecule has 3 fully saturated rings. The van der Waals surface area contributed by atoms with Crippen LogP contribution in [0.3, 0.4) is 0 Å². The lowest BCUT2D eigenvalue weighted by atomic mass is 9.68. The number of carbonyl (C=O) groups is 3. The molecule has 15 heavy (non-hydrogen) atoms. The maximum Gasteiger partial charge on any atom is 0.310 e. The van der Waals surface area contributed by atoms with Crippen LogP contribution >= 0.6 is 0 Å². The first kappa shape index (κ1) is 8.88. The third-order valence-electron chi connectivity index (χ3n) is 3.59. The highest BCUT2D eigenvalue weighted by Gasteiger charge is 2.58. The molecule has 0 bridgehead atoms. The molecule has 3 aliphatic rings. The number of hydrogen-bond donors (Lipinski definition) is 0. The van der Waals surface area contributed by atoms with Crippen molar-refractivity contribution in [1.82, 2.24) is 0 Å². The lowest BCUT2D eigenvalue weighted by Crippen LogP contribution is -2.42. The SMILES string of the molecule is O=C1OC[C@H]2CC(=O)[C@@H]3COC(=O)[C@H]3[C@@H]12. The molecule has 0 radical (unpaired) electrons. The molecule has 1 saturated carbocycles. The number of esters is 2. The molecular formula is C10H10O5. The topological polar surface area (TPSA) is 69.7 Å². The van der Waals surface area contributed by atoms with E-state index in [1.54, 1.807) is 0 Å². The Hall–Kier alpha value is -1.39. The third kappa shape index (κ3) is 1.06. The summed E-state index contributed by atoms with van der Waals surface area (Å²) < 4.78 is 9.77. The van der Waals surface area contributed by atoms with Crippen molar-refractivity contribution >= 4 is 17.7 Å². The maximum absolute atomic E-state index is 11.7. The van der Waals surface area contributed by atoms with Gasteiger partial charge < -0.3 is 9.47 Å². The van der Waals surface area contributed by atoms with Crippen LogP contribution in [0.5, 0.6) is 0 Å². The van der Waals surface area contributed by atoms with E-state index in [1.807, 2.05) is 0 Å². The fraction of sp³-hybridized carbons (Fsp3) is 0.700. The zero-order valence-corrected chi connectivity index (χ0v) is 7.97. The second-order valence-corrected chi connectivity index (χ2v) is 4.35. The normalized spacial score (nSPS) is 43.3. The van der Waals surface area contributed by atoms with Gasteiger partial charge >= 0.3 is 11.9 Å². The number of ether oxygens (including phenoxy) is 2. The van der Waals surface area contributed by atoms with Gasteiger partial charge in [-0.2, -0.15) is 0 Å². The molecule has 5 heteroatoms. The molecule has 5 nitrogen and oxygen atoms in total. The predicted molar refractivity (Wildman–Crippen MR) is 45.5 cm³/mol. The van der Waals surface area contributed by atoms with Gasteiger partial charge in [0.1, 0.15) is 12.4 Å². The number of carbonyl (C=O) groups excluding carboxylic acids is 3. The van der Waals surface area contributed by atoms with Gasteiger partial charge in [-0.05, 0) is 0 Å². The molecule has 0 unspecified atom stereocenters. The number of fused-ring (bicyclic) bond motifs is 3. The average molecular weight is 210 g/mol. The van der Waals surface area contributed by atoms with Gasteiger partial charge in [0, 0.05) is 12.3 Å². The first-order valence-corrected chi connectivity index (χ1v) is 5.04. The minimum atomic E-state index is -0.578. The van der Waals surface area contributed by atoms with Gasteiger partial charge in [-0.3, -0.25) is 14.4 Å². The van der Waals surface area contributed by atoms with Crippen molar-refractivity contribution in [3.05, 3.63) is 0 Å². The van der Waals surface area contributed by atoms with E-state index in [1.165, 1.54) is 0 Å². The average Bonchev–Trinajstić information content (AvgIpc) is 2.72. The predicted octanol–water partition coefficient (Wildman–Crippen LogP) is -0.462. The van der Waals surface area contributed by atoms with Crippen LogP contribution in [0.2, 0.25) is 0 Å². The fourth-order valence-electron chi connectivity index (χ4n) is 2.84. The summed E-state index contributed by atoms with van der Waals surface area (Å²) >= 11 is 0. The van der Waals surface area contributed by atoms with Crippen LogP contribution in [0.25, 0.3) is 0 Å². The summed E-state index contributed by atoms with van der Waals surface area (Å²) in [4.78, 5) is 34.6. The van der Waals surface area contributed by atoms with Crippen molar-refractivity contribution in [3.8, 4) is 0 Å². The van der Waals surface area contributed by atoms with Crippen molar-refractivity contribution in [2.75, 3.05) is 13.2 Å². The monoisotopic (exact) mass is 210 g/mol. The standard InChI is InChI=1S/C10H10O5/c11-6-1-4-2-14-9(12)7(4)8-5(6)3-15-10(8)13/h4-5,7-8H,1-3H2/t4-,5+,7+,8-/m1/s1. The number of hydrogen-bond acceptors (Lipinski definition) is 5. The van der Waals surface area contributed by atoms with Crippen LogP contribution in [0.4, 0.5) is 0 Å². The van der Waals surface area contributed by atoms with E-state index in [9.17, 15) is 14.4 Å². The third-order valence-corrected chi connectivity index (χ3v) is 3.59. The van der Waals surface area contributed by atoms with E-state index in [0.29, 0.717) is 6.42 Å². The minimum absolute atomic E-state index is 0.0328. The summed E-state index contributed by atoms with van der Waals surface area (Å²) in [7, 11) is 0. The largest absolute Gasteiger partial charge is 0.465 e. The summed E-state index contributed by atoms with van der Waals surface area (Å²) in [5.41, 5.74) is 0. The van der Waals surface area contributed by atoms with Crippen LogP contribution in [0.1, 0.15) is 6.42 Å². The minimum Gasteiger partial charge on any atom is -0.465 e. The lowest BCUT2D eigenvalue weighted by Gasteiger charge is -2.27. The van der Waals surface area contributed by atoms with Gasteiger partial charge in [-0.1, -0.05) is 0 Å². The molecule has 1 aliphatic carbocycles. The highest BCUT2D eigenvalue weighted by molar-refractivity contribution is 5.95. The molecule has 0 spiro atoms. The second-order valence-electron chi connectivity index (χ2n) is 4.35. The fourth-order valence-corrected chi connectivity index (χ4v) is 2.84. The summed E-state index contributed by atoms with van der Waals surface area (Å²) in [6, 6.07) is 0. The number of cyclic esters (lactones) is 2. The summed E-state index contributed by atoms with van der Waals surface area (Å²) in [5.74, 6) is -2.27. The van der Waals surface area contributed by atoms with Crippen molar-refractivity contribution in [1.29, 1.82) is 0 Å². The Kier molecular flexibility index (Phi) is 1.66. The first-order valence-electron chi connectivity index (χ1n) is 5.04. The van der Waals surface area contributed by atoms with Crippen molar-refractivity contribution in [2.45, 2.75) is 6.42 Å². The molecule has 2 saturated heterocycles. The quantitative estimate of drug-likeness (QED) is 0.506. The first-order chi connectivity index (χ1) is 7.18. The van der Waals surface area contributed by atoms with Gasteiger partial charge in [0.05, 0.1) is 24.4 Å². The maximum atomic E-state index is 11.7. The second kappa shape index (κ2) is 2.81. The van der Waals surface area contributed by atoms with Crippen LogP contribution in [-0.4, -0.2) is 30.9 Å².